The van der Waals surface area contributed by atoms with E-state index in [9.17, 15) is 9.59 Å². The number of aryl methyl sites for hydroxylation is 1. The van der Waals surface area contributed by atoms with Crippen molar-refractivity contribution in [3.05, 3.63) is 56.7 Å². The third-order valence-electron chi connectivity index (χ3n) is 3.73. The maximum absolute atomic E-state index is 12.0. The van der Waals surface area contributed by atoms with E-state index in [0.717, 1.165) is 10.4 Å². The van der Waals surface area contributed by atoms with E-state index < -0.39 is 0 Å². The van der Waals surface area contributed by atoms with Gasteiger partial charge in [0.05, 0.1) is 11.4 Å². The van der Waals surface area contributed by atoms with E-state index in [1.165, 1.54) is 11.3 Å². The van der Waals surface area contributed by atoms with Crippen LogP contribution in [0.1, 0.15) is 34.0 Å². The Balaban J connectivity index is 1.82. The Labute approximate surface area is 151 Å². The van der Waals surface area contributed by atoms with Crippen LogP contribution in [0.25, 0.3) is 0 Å². The fraction of sp³-hybridized carbons (Fsp3) is 0.333. The number of carbonyl (C=O) groups is 2. The number of halogens is 1. The molecule has 0 fully saturated rings. The molecular weight excluding hydrogens is 344 g/mol. The van der Waals surface area contributed by atoms with Gasteiger partial charge in [0, 0.05) is 21.9 Å². The first-order chi connectivity index (χ1) is 11.3. The lowest BCUT2D eigenvalue weighted by Crippen LogP contribution is -2.42. The molecule has 1 aromatic carbocycles. The SMILES string of the molecule is Cc1ccc(C(=O)NCC(=O)NCC(C)(C)c2ccc(Cl)cc2)s1. The van der Waals surface area contributed by atoms with Gasteiger partial charge in [0.1, 0.15) is 0 Å². The summed E-state index contributed by atoms with van der Waals surface area (Å²) in [6, 6.07) is 11.2. The van der Waals surface area contributed by atoms with Crippen LogP contribution in [-0.2, 0) is 10.2 Å². The molecule has 4 nitrogen and oxygen atoms in total. The minimum atomic E-state index is -0.227. The van der Waals surface area contributed by atoms with Crippen LogP contribution in [0.15, 0.2) is 36.4 Å². The van der Waals surface area contributed by atoms with Gasteiger partial charge in [-0.05, 0) is 36.8 Å². The fourth-order valence-corrected chi connectivity index (χ4v) is 3.10. The Morgan fingerprint density at radius 1 is 1.08 bits per heavy atom. The highest BCUT2D eigenvalue weighted by molar-refractivity contribution is 7.13. The number of amides is 2. The molecular formula is C18H21ClN2O2S. The Bertz CT molecular complexity index is 723. The van der Waals surface area contributed by atoms with Gasteiger partial charge in [-0.15, -0.1) is 11.3 Å². The van der Waals surface area contributed by atoms with Crippen molar-refractivity contribution in [3.8, 4) is 0 Å². The Morgan fingerprint density at radius 3 is 2.33 bits per heavy atom. The molecule has 2 rings (SSSR count). The predicted octanol–water partition coefficient (Wildman–Crippen LogP) is 3.53. The maximum atomic E-state index is 12.0. The molecule has 2 aromatic rings. The molecule has 0 saturated heterocycles. The minimum Gasteiger partial charge on any atom is -0.354 e. The van der Waals surface area contributed by atoms with E-state index in [4.69, 9.17) is 11.6 Å². The second-order valence-corrected chi connectivity index (χ2v) is 7.98. The van der Waals surface area contributed by atoms with Gasteiger partial charge in [0.2, 0.25) is 5.91 Å². The Hall–Kier alpha value is -1.85. The molecule has 0 spiro atoms. The Morgan fingerprint density at radius 2 is 1.75 bits per heavy atom. The quantitative estimate of drug-likeness (QED) is 0.823. The van der Waals surface area contributed by atoms with Gasteiger partial charge in [0.15, 0.2) is 0 Å². The molecule has 0 aliphatic heterocycles. The summed E-state index contributed by atoms with van der Waals surface area (Å²) in [5.41, 5.74) is 0.861. The van der Waals surface area contributed by atoms with E-state index >= 15 is 0 Å². The number of thiophene rings is 1. The zero-order valence-corrected chi connectivity index (χ0v) is 15.6. The first kappa shape index (κ1) is 18.5. The van der Waals surface area contributed by atoms with Gasteiger partial charge in [-0.2, -0.15) is 0 Å². The van der Waals surface area contributed by atoms with Crippen molar-refractivity contribution in [1.82, 2.24) is 10.6 Å². The van der Waals surface area contributed by atoms with Gasteiger partial charge in [-0.25, -0.2) is 0 Å². The van der Waals surface area contributed by atoms with Crippen LogP contribution in [0.4, 0.5) is 0 Å². The summed E-state index contributed by atoms with van der Waals surface area (Å²) in [5, 5.41) is 6.19. The number of carbonyl (C=O) groups excluding carboxylic acids is 2. The van der Waals surface area contributed by atoms with Crippen molar-refractivity contribution in [1.29, 1.82) is 0 Å². The van der Waals surface area contributed by atoms with Crippen molar-refractivity contribution in [2.24, 2.45) is 0 Å². The van der Waals surface area contributed by atoms with Crippen molar-refractivity contribution < 1.29 is 9.59 Å². The van der Waals surface area contributed by atoms with Gasteiger partial charge in [-0.3, -0.25) is 9.59 Å². The third kappa shape index (κ3) is 5.08. The summed E-state index contributed by atoms with van der Waals surface area (Å²) < 4.78 is 0. The predicted molar refractivity (Wildman–Crippen MR) is 98.9 cm³/mol. The molecule has 0 unspecified atom stereocenters. The van der Waals surface area contributed by atoms with E-state index in [-0.39, 0.29) is 23.8 Å². The molecule has 128 valence electrons. The number of benzene rings is 1. The minimum absolute atomic E-state index is 0.0352. The summed E-state index contributed by atoms with van der Waals surface area (Å²) >= 11 is 7.31. The lowest BCUT2D eigenvalue weighted by Gasteiger charge is -2.25. The average Bonchev–Trinajstić information content (AvgIpc) is 2.98. The normalized spacial score (nSPS) is 11.2. The molecule has 0 saturated carbocycles. The van der Waals surface area contributed by atoms with E-state index in [2.05, 4.69) is 10.6 Å². The lowest BCUT2D eigenvalue weighted by atomic mass is 9.84. The highest BCUT2D eigenvalue weighted by Crippen LogP contribution is 2.23. The molecule has 0 atom stereocenters. The largest absolute Gasteiger partial charge is 0.354 e. The molecule has 2 N–H and O–H groups in total. The fourth-order valence-electron chi connectivity index (χ4n) is 2.19. The highest BCUT2D eigenvalue weighted by atomic mass is 35.5. The van der Waals surface area contributed by atoms with E-state index in [1.807, 2.05) is 51.1 Å². The maximum Gasteiger partial charge on any atom is 0.261 e. The second-order valence-electron chi connectivity index (χ2n) is 6.26. The molecule has 24 heavy (non-hydrogen) atoms. The standard InChI is InChI=1S/C18H21ClN2O2S/c1-12-4-9-15(24-12)17(23)20-10-16(22)21-11-18(2,3)13-5-7-14(19)8-6-13/h4-9H,10-11H2,1-3H3,(H,20,23)(H,21,22). The zero-order valence-electron chi connectivity index (χ0n) is 14.0. The van der Waals surface area contributed by atoms with E-state index in [1.54, 1.807) is 6.07 Å². The van der Waals surface area contributed by atoms with Crippen LogP contribution in [-0.4, -0.2) is 24.9 Å². The summed E-state index contributed by atoms with van der Waals surface area (Å²) in [4.78, 5) is 25.6. The van der Waals surface area contributed by atoms with Crippen LogP contribution in [0.2, 0.25) is 5.02 Å². The number of rotatable bonds is 6. The summed E-state index contributed by atoms with van der Waals surface area (Å²) in [6.07, 6.45) is 0. The summed E-state index contributed by atoms with van der Waals surface area (Å²) in [5.74, 6) is -0.432. The Kier molecular flexibility index (Phi) is 6.02. The van der Waals surface area contributed by atoms with Crippen LogP contribution in [0, 0.1) is 6.92 Å². The molecule has 0 aliphatic carbocycles. The van der Waals surface area contributed by atoms with Gasteiger partial charge >= 0.3 is 0 Å². The van der Waals surface area contributed by atoms with Crippen molar-refractivity contribution in [2.45, 2.75) is 26.2 Å². The third-order valence-corrected chi connectivity index (χ3v) is 4.98. The number of hydrogen-bond donors (Lipinski definition) is 2. The smallest absolute Gasteiger partial charge is 0.261 e. The monoisotopic (exact) mass is 364 g/mol. The lowest BCUT2D eigenvalue weighted by molar-refractivity contribution is -0.120. The number of nitrogens with one attached hydrogen (secondary N) is 2. The zero-order chi connectivity index (χ0) is 17.7. The van der Waals surface area contributed by atoms with E-state index in [0.29, 0.717) is 16.4 Å². The molecule has 1 heterocycles. The molecule has 0 radical (unpaired) electrons. The molecule has 2 amide bonds. The topological polar surface area (TPSA) is 58.2 Å². The van der Waals surface area contributed by atoms with Gasteiger partial charge in [0.25, 0.3) is 5.91 Å². The van der Waals surface area contributed by atoms with Crippen LogP contribution >= 0.6 is 22.9 Å². The van der Waals surface area contributed by atoms with Crippen molar-refractivity contribution in [2.75, 3.05) is 13.1 Å². The average molecular weight is 365 g/mol. The van der Waals surface area contributed by atoms with Crippen molar-refractivity contribution in [3.63, 3.8) is 0 Å². The highest BCUT2D eigenvalue weighted by Gasteiger charge is 2.21. The van der Waals surface area contributed by atoms with Crippen LogP contribution < -0.4 is 10.6 Å². The molecule has 1 aromatic heterocycles. The molecule has 0 bridgehead atoms. The van der Waals surface area contributed by atoms with Crippen LogP contribution in [0.5, 0.6) is 0 Å². The second kappa shape index (κ2) is 7.81. The first-order valence-corrected chi connectivity index (χ1v) is 8.85. The van der Waals surface area contributed by atoms with Crippen LogP contribution in [0.3, 0.4) is 0 Å². The first-order valence-electron chi connectivity index (χ1n) is 7.65. The van der Waals surface area contributed by atoms with Gasteiger partial charge in [-0.1, -0.05) is 37.6 Å². The van der Waals surface area contributed by atoms with Crippen molar-refractivity contribution >= 4 is 34.8 Å². The number of hydrogen-bond acceptors (Lipinski definition) is 3. The molecule has 0 aliphatic rings. The summed E-state index contributed by atoms with van der Waals surface area (Å²) in [6.45, 7) is 6.47. The summed E-state index contributed by atoms with van der Waals surface area (Å²) in [7, 11) is 0. The molecule has 6 heteroatoms. The van der Waals surface area contributed by atoms with Gasteiger partial charge < -0.3 is 10.6 Å².